The van der Waals surface area contributed by atoms with Crippen LogP contribution >= 0.6 is 0 Å². The van der Waals surface area contributed by atoms with Crippen molar-refractivity contribution in [3.8, 4) is 0 Å². The highest BCUT2D eigenvalue weighted by molar-refractivity contribution is 5.76. The molecular weight excluding hydrogens is 1020 g/mol. The van der Waals surface area contributed by atoms with Gasteiger partial charge < -0.3 is 89.9 Å². The maximum absolute atomic E-state index is 13.3. The van der Waals surface area contributed by atoms with Crippen molar-refractivity contribution in [2.75, 3.05) is 26.4 Å². The molecule has 3 saturated heterocycles. The highest BCUT2D eigenvalue weighted by Crippen LogP contribution is 2.33. The Hall–Kier alpha value is -2.51. The molecule has 0 bridgehead atoms. The number of ether oxygens (including phenoxy) is 6. The molecule has 79 heavy (non-hydrogen) atoms. The summed E-state index contributed by atoms with van der Waals surface area (Å²) in [6, 6.07) is -1.00. The van der Waals surface area contributed by atoms with E-state index >= 15 is 0 Å². The molecule has 3 fully saturated rings. The number of nitrogens with one attached hydrogen (secondary N) is 1. The molecule has 458 valence electrons. The molecule has 0 aliphatic carbocycles. The lowest BCUT2D eigenvalue weighted by molar-refractivity contribution is -0.379. The molecule has 0 spiro atoms. The van der Waals surface area contributed by atoms with E-state index in [2.05, 4.69) is 67.8 Å². The number of rotatable bonds is 43. The quantitative estimate of drug-likeness (QED) is 0.0274. The third-order valence-corrected chi connectivity index (χ3v) is 14.8. The Labute approximate surface area is 471 Å². The summed E-state index contributed by atoms with van der Waals surface area (Å²) in [7, 11) is 0. The highest BCUT2D eigenvalue weighted by atomic mass is 16.8. The monoisotopic (exact) mass is 1130 g/mol. The summed E-state index contributed by atoms with van der Waals surface area (Å²) in [5.74, 6) is -0.301. The van der Waals surface area contributed by atoms with Gasteiger partial charge in [0.15, 0.2) is 18.9 Å². The van der Waals surface area contributed by atoms with Crippen LogP contribution in [-0.2, 0) is 33.2 Å². The summed E-state index contributed by atoms with van der Waals surface area (Å²) >= 11 is 0. The normalized spacial score (nSPS) is 30.7. The van der Waals surface area contributed by atoms with Crippen molar-refractivity contribution >= 4 is 5.91 Å². The summed E-state index contributed by atoms with van der Waals surface area (Å²) < 4.78 is 34.2. The Balaban J connectivity index is 1.53. The van der Waals surface area contributed by atoms with Crippen LogP contribution in [0.15, 0.2) is 60.8 Å². The Bertz CT molecular complexity index is 1680. The van der Waals surface area contributed by atoms with E-state index in [1.807, 2.05) is 6.08 Å². The number of carbonyl (C=O) groups excluding carboxylic acids is 1. The van der Waals surface area contributed by atoms with E-state index in [0.717, 1.165) is 83.5 Å². The zero-order chi connectivity index (χ0) is 57.6. The summed E-state index contributed by atoms with van der Waals surface area (Å²) in [6.07, 6.45) is 22.0. The average Bonchev–Trinajstić information content (AvgIpc) is 3.54. The van der Waals surface area contributed by atoms with E-state index in [1.54, 1.807) is 6.08 Å². The molecule has 17 atom stereocenters. The van der Waals surface area contributed by atoms with Gasteiger partial charge in [-0.1, -0.05) is 158 Å². The Kier molecular flexibility index (Phi) is 38.7. The SMILES string of the molecule is CCCCC/C=C\C/C=C\CCCCCCCCCC(=O)NC(COC1OC(CO)C(OC2OC(CO)C(OC3OC(CO)C(O)C(O)C3O)C(O)C2O)C(O)C1O)C(O)/C=C/CC/C=C/CC/C=C/CCCCCCCCC. The number of carbonyl (C=O) groups is 1. The van der Waals surface area contributed by atoms with E-state index in [0.29, 0.717) is 12.8 Å². The Morgan fingerprint density at radius 1 is 0.456 bits per heavy atom. The van der Waals surface area contributed by atoms with Gasteiger partial charge >= 0.3 is 0 Å². The Morgan fingerprint density at radius 2 is 0.848 bits per heavy atom. The van der Waals surface area contributed by atoms with Gasteiger partial charge in [-0.05, 0) is 77.0 Å². The van der Waals surface area contributed by atoms with Gasteiger partial charge in [-0.25, -0.2) is 0 Å². The van der Waals surface area contributed by atoms with Crippen molar-refractivity contribution in [3.05, 3.63) is 60.8 Å². The third kappa shape index (κ3) is 27.2. The first kappa shape index (κ1) is 70.8. The average molecular weight is 1130 g/mol. The van der Waals surface area contributed by atoms with Crippen LogP contribution in [0.25, 0.3) is 0 Å². The van der Waals surface area contributed by atoms with Crippen LogP contribution in [0.1, 0.15) is 181 Å². The molecule has 19 heteroatoms. The summed E-state index contributed by atoms with van der Waals surface area (Å²) in [4.78, 5) is 13.3. The van der Waals surface area contributed by atoms with E-state index < -0.39 is 124 Å². The smallest absolute Gasteiger partial charge is 0.220 e. The van der Waals surface area contributed by atoms with Gasteiger partial charge in [0, 0.05) is 6.42 Å². The molecule has 0 aromatic rings. The molecule has 3 aliphatic heterocycles. The maximum Gasteiger partial charge on any atom is 0.220 e. The molecule has 3 heterocycles. The molecule has 0 radical (unpaired) electrons. The minimum absolute atomic E-state index is 0.221. The molecule has 0 aromatic heterocycles. The predicted molar refractivity (Wildman–Crippen MR) is 300 cm³/mol. The second-order valence-corrected chi connectivity index (χ2v) is 21.4. The van der Waals surface area contributed by atoms with Crippen molar-refractivity contribution in [1.29, 1.82) is 0 Å². The van der Waals surface area contributed by atoms with Crippen LogP contribution in [0.4, 0.5) is 0 Å². The third-order valence-electron chi connectivity index (χ3n) is 14.8. The number of aliphatic hydroxyl groups excluding tert-OH is 11. The fourth-order valence-electron chi connectivity index (χ4n) is 9.78. The van der Waals surface area contributed by atoms with Gasteiger partial charge in [-0.15, -0.1) is 0 Å². The minimum Gasteiger partial charge on any atom is -0.394 e. The number of hydrogen-bond donors (Lipinski definition) is 12. The van der Waals surface area contributed by atoms with Crippen LogP contribution < -0.4 is 5.32 Å². The molecule has 17 unspecified atom stereocenters. The molecule has 1 amide bonds. The van der Waals surface area contributed by atoms with Crippen molar-refractivity contribution in [1.82, 2.24) is 5.32 Å². The minimum atomic E-state index is -1.98. The molecule has 19 nitrogen and oxygen atoms in total. The van der Waals surface area contributed by atoms with Crippen LogP contribution in [0.3, 0.4) is 0 Å². The lowest BCUT2D eigenvalue weighted by Crippen LogP contribution is -2.66. The standard InChI is InChI=1S/C60H105NO18/c1-3-5-7-9-11-13-15-17-19-21-23-25-27-29-31-33-35-37-44(65)43(61-48(66)38-36-34-32-30-28-26-24-22-20-18-16-14-12-10-8-6-4-2)42-74-58-54(72)51(69)56(46(40-63)76-58)79-60-55(73)52(70)57(47(41-64)77-60)78-59-53(71)50(68)49(67)45(39-62)75-59/h12,14,18-21,27,29,35,37,43-47,49-60,62-65,67-73H,3-11,13,15-17,22-26,28,30-34,36,38-42H2,1-2H3,(H,61,66)/b14-12-,20-18-,21-19+,29-27+,37-35+. The van der Waals surface area contributed by atoms with Crippen LogP contribution in [0.5, 0.6) is 0 Å². The molecule has 3 aliphatic rings. The number of allylic oxidation sites excluding steroid dienone is 9. The number of hydrogen-bond acceptors (Lipinski definition) is 18. The fourth-order valence-corrected chi connectivity index (χ4v) is 9.78. The molecule has 3 rings (SSSR count). The molecular formula is C60H105NO18. The lowest BCUT2D eigenvalue weighted by atomic mass is 9.96. The first-order valence-electron chi connectivity index (χ1n) is 30.0. The number of unbranched alkanes of at least 4 members (excludes halogenated alkanes) is 19. The van der Waals surface area contributed by atoms with Crippen molar-refractivity contribution in [2.45, 2.75) is 285 Å². The van der Waals surface area contributed by atoms with E-state index in [-0.39, 0.29) is 18.9 Å². The maximum atomic E-state index is 13.3. The second-order valence-electron chi connectivity index (χ2n) is 21.4. The highest BCUT2D eigenvalue weighted by Gasteiger charge is 2.53. The number of aliphatic hydroxyl groups is 11. The molecule has 0 saturated carbocycles. The van der Waals surface area contributed by atoms with E-state index in [9.17, 15) is 61.0 Å². The Morgan fingerprint density at radius 3 is 1.37 bits per heavy atom. The van der Waals surface area contributed by atoms with Crippen LogP contribution in [0.2, 0.25) is 0 Å². The summed E-state index contributed by atoms with van der Waals surface area (Å²) in [6.45, 7) is 1.64. The predicted octanol–water partition coefficient (Wildman–Crippen LogP) is 5.26. The van der Waals surface area contributed by atoms with Crippen molar-refractivity contribution in [2.24, 2.45) is 0 Å². The van der Waals surface area contributed by atoms with Crippen LogP contribution in [-0.4, -0.2) is 193 Å². The van der Waals surface area contributed by atoms with Crippen molar-refractivity contribution in [3.63, 3.8) is 0 Å². The second kappa shape index (κ2) is 43.2. The zero-order valence-corrected chi connectivity index (χ0v) is 47.6. The molecule has 0 aromatic carbocycles. The van der Waals surface area contributed by atoms with Gasteiger partial charge in [-0.2, -0.15) is 0 Å². The van der Waals surface area contributed by atoms with Crippen LogP contribution in [0, 0.1) is 0 Å². The van der Waals surface area contributed by atoms with Gasteiger partial charge in [0.2, 0.25) is 5.91 Å². The van der Waals surface area contributed by atoms with Crippen molar-refractivity contribution < 1.29 is 89.4 Å². The van der Waals surface area contributed by atoms with E-state index in [1.165, 1.54) is 64.2 Å². The first-order chi connectivity index (χ1) is 38.3. The topological polar surface area (TPSA) is 307 Å². The summed E-state index contributed by atoms with van der Waals surface area (Å²) in [5, 5.41) is 120. The van der Waals surface area contributed by atoms with Gasteiger partial charge in [-0.3, -0.25) is 4.79 Å². The van der Waals surface area contributed by atoms with E-state index in [4.69, 9.17) is 28.4 Å². The lowest BCUT2D eigenvalue weighted by Gasteiger charge is -2.48. The van der Waals surface area contributed by atoms with Gasteiger partial charge in [0.1, 0.15) is 73.2 Å². The largest absolute Gasteiger partial charge is 0.394 e. The van der Waals surface area contributed by atoms with Gasteiger partial charge in [0.05, 0.1) is 38.6 Å². The van der Waals surface area contributed by atoms with Gasteiger partial charge in [0.25, 0.3) is 0 Å². The fraction of sp³-hybridized carbons (Fsp3) is 0.817. The zero-order valence-electron chi connectivity index (χ0n) is 47.6. The first-order valence-corrected chi connectivity index (χ1v) is 30.0. The summed E-state index contributed by atoms with van der Waals surface area (Å²) in [5.41, 5.74) is 0. The molecule has 12 N–H and O–H groups in total. The number of amides is 1.